The van der Waals surface area contributed by atoms with Gasteiger partial charge in [-0.2, -0.15) is 5.10 Å². The molecule has 3 aliphatic rings. The number of nitrogens with one attached hydrogen (secondary N) is 2. The lowest BCUT2D eigenvalue weighted by Crippen LogP contribution is -2.58. The van der Waals surface area contributed by atoms with Gasteiger partial charge >= 0.3 is 0 Å². The minimum atomic E-state index is 0.457. The van der Waals surface area contributed by atoms with Crippen molar-refractivity contribution < 1.29 is 0 Å². The van der Waals surface area contributed by atoms with E-state index < -0.39 is 0 Å². The van der Waals surface area contributed by atoms with Gasteiger partial charge < -0.3 is 10.2 Å². The highest BCUT2D eigenvalue weighted by Gasteiger charge is 2.34. The monoisotopic (exact) mass is 322 g/mol. The first-order chi connectivity index (χ1) is 10.2. The zero-order chi connectivity index (χ0) is 14.7. The molecule has 0 aliphatic carbocycles. The number of halogens is 1. The second-order valence-electron chi connectivity index (χ2n) is 5.64. The van der Waals surface area contributed by atoms with Crippen LogP contribution in [0.4, 0.5) is 0 Å². The first-order valence-electron chi connectivity index (χ1n) is 7.28. The van der Waals surface area contributed by atoms with Crippen molar-refractivity contribution in [1.82, 2.24) is 15.6 Å². The van der Waals surface area contributed by atoms with Gasteiger partial charge in [0.15, 0.2) is 5.11 Å². The predicted molar refractivity (Wildman–Crippen MR) is 90.9 cm³/mol. The Bertz CT molecular complexity index is 523. The molecule has 3 saturated heterocycles. The summed E-state index contributed by atoms with van der Waals surface area (Å²) >= 11 is 11.2. The first kappa shape index (κ1) is 14.8. The fraction of sp³-hybridized carbons (Fsp3) is 0.467. The van der Waals surface area contributed by atoms with Crippen LogP contribution in [0.5, 0.6) is 0 Å². The molecule has 3 aliphatic heterocycles. The highest BCUT2D eigenvalue weighted by Crippen LogP contribution is 2.27. The van der Waals surface area contributed by atoms with E-state index in [0.717, 1.165) is 23.0 Å². The third-order valence-corrected chi connectivity index (χ3v) is 4.68. The van der Waals surface area contributed by atoms with Crippen molar-refractivity contribution in [2.75, 3.05) is 19.6 Å². The maximum Gasteiger partial charge on any atom is 0.187 e. The van der Waals surface area contributed by atoms with Crippen LogP contribution < -0.4 is 10.7 Å². The van der Waals surface area contributed by atoms with Crippen molar-refractivity contribution in [1.29, 1.82) is 0 Å². The summed E-state index contributed by atoms with van der Waals surface area (Å²) in [5.41, 5.74) is 3.87. The summed E-state index contributed by atoms with van der Waals surface area (Å²) in [6.07, 6.45) is 4.28. The Morgan fingerprint density at radius 3 is 2.62 bits per heavy atom. The maximum absolute atomic E-state index is 5.84. The van der Waals surface area contributed by atoms with Crippen molar-refractivity contribution >= 4 is 35.1 Å². The Morgan fingerprint density at radius 1 is 1.29 bits per heavy atom. The molecule has 1 atom stereocenters. The van der Waals surface area contributed by atoms with Crippen LogP contribution in [0.1, 0.15) is 18.4 Å². The molecule has 0 radical (unpaired) electrons. The highest BCUT2D eigenvalue weighted by atomic mass is 35.5. The van der Waals surface area contributed by atoms with E-state index in [1.54, 1.807) is 6.21 Å². The molecule has 21 heavy (non-hydrogen) atoms. The Morgan fingerprint density at radius 2 is 2.00 bits per heavy atom. The van der Waals surface area contributed by atoms with E-state index in [1.807, 2.05) is 24.3 Å². The summed E-state index contributed by atoms with van der Waals surface area (Å²) in [5, 5.41) is 8.87. The average molecular weight is 323 g/mol. The van der Waals surface area contributed by atoms with E-state index in [0.29, 0.717) is 11.2 Å². The fourth-order valence-electron chi connectivity index (χ4n) is 3.04. The Balaban J connectivity index is 1.47. The molecular formula is C15H19ClN4S. The number of thiocarbonyl (C=S) groups is 1. The summed E-state index contributed by atoms with van der Waals surface area (Å²) in [7, 11) is 0. The Labute approximate surface area is 135 Å². The van der Waals surface area contributed by atoms with Crippen LogP contribution in [-0.4, -0.2) is 41.9 Å². The van der Waals surface area contributed by atoms with E-state index in [4.69, 9.17) is 23.8 Å². The molecule has 4 nitrogen and oxygen atoms in total. The molecule has 0 spiro atoms. The number of hydrogen-bond donors (Lipinski definition) is 2. The SMILES string of the molecule is S=C(N/N=C/c1ccc(Cl)cc1)NC1CN2CCC1CC2. The van der Waals surface area contributed by atoms with Gasteiger partial charge in [0, 0.05) is 17.6 Å². The maximum atomic E-state index is 5.84. The largest absolute Gasteiger partial charge is 0.357 e. The van der Waals surface area contributed by atoms with E-state index in [1.165, 1.54) is 25.9 Å². The predicted octanol–water partition coefficient (Wildman–Crippen LogP) is 2.23. The second kappa shape index (κ2) is 6.73. The molecule has 0 aromatic heterocycles. The highest BCUT2D eigenvalue weighted by molar-refractivity contribution is 7.80. The third-order valence-electron chi connectivity index (χ3n) is 4.22. The zero-order valence-electron chi connectivity index (χ0n) is 11.8. The molecule has 0 saturated carbocycles. The minimum Gasteiger partial charge on any atom is -0.357 e. The number of piperidine rings is 3. The normalized spacial score (nSPS) is 27.8. The van der Waals surface area contributed by atoms with Gasteiger partial charge in [-0.25, -0.2) is 0 Å². The lowest BCUT2D eigenvalue weighted by molar-refractivity contribution is 0.0812. The molecule has 1 aromatic rings. The molecule has 6 heteroatoms. The zero-order valence-corrected chi connectivity index (χ0v) is 13.3. The van der Waals surface area contributed by atoms with Gasteiger partial charge in [0.25, 0.3) is 0 Å². The van der Waals surface area contributed by atoms with Crippen molar-refractivity contribution in [3.05, 3.63) is 34.9 Å². The first-order valence-corrected chi connectivity index (χ1v) is 8.07. The molecule has 4 rings (SSSR count). The molecule has 2 N–H and O–H groups in total. The van der Waals surface area contributed by atoms with Crippen molar-refractivity contribution in [3.63, 3.8) is 0 Å². The second-order valence-corrected chi connectivity index (χ2v) is 6.48. The summed E-state index contributed by atoms with van der Waals surface area (Å²) in [4.78, 5) is 2.50. The van der Waals surface area contributed by atoms with Gasteiger partial charge in [-0.15, -0.1) is 0 Å². The van der Waals surface area contributed by atoms with E-state index in [-0.39, 0.29) is 0 Å². The molecule has 112 valence electrons. The van der Waals surface area contributed by atoms with Crippen LogP contribution in [0, 0.1) is 5.92 Å². The van der Waals surface area contributed by atoms with E-state index in [9.17, 15) is 0 Å². The quantitative estimate of drug-likeness (QED) is 0.508. The van der Waals surface area contributed by atoms with Gasteiger partial charge in [0.05, 0.1) is 6.21 Å². The molecular weight excluding hydrogens is 304 g/mol. The van der Waals surface area contributed by atoms with Crippen molar-refractivity contribution in [2.24, 2.45) is 11.0 Å². The smallest absolute Gasteiger partial charge is 0.187 e. The lowest BCUT2D eigenvalue weighted by Gasteiger charge is -2.45. The molecule has 0 amide bonds. The minimum absolute atomic E-state index is 0.457. The summed E-state index contributed by atoms with van der Waals surface area (Å²) in [5.74, 6) is 0.745. The summed E-state index contributed by atoms with van der Waals surface area (Å²) in [6.45, 7) is 3.56. The topological polar surface area (TPSA) is 39.7 Å². The van der Waals surface area contributed by atoms with Crippen molar-refractivity contribution in [3.8, 4) is 0 Å². The average Bonchev–Trinajstić information content (AvgIpc) is 2.50. The molecule has 1 unspecified atom stereocenters. The number of rotatable bonds is 3. The lowest BCUT2D eigenvalue weighted by atomic mass is 9.84. The molecule has 1 aromatic carbocycles. The molecule has 3 heterocycles. The van der Waals surface area contributed by atoms with Crippen LogP contribution in [0.2, 0.25) is 5.02 Å². The van der Waals surface area contributed by atoms with Crippen LogP contribution in [0.15, 0.2) is 29.4 Å². The number of hydrogen-bond acceptors (Lipinski definition) is 3. The van der Waals surface area contributed by atoms with Gasteiger partial charge in [0.1, 0.15) is 0 Å². The Kier molecular flexibility index (Phi) is 4.73. The number of hydrazone groups is 1. The van der Waals surface area contributed by atoms with Crippen LogP contribution in [0.3, 0.4) is 0 Å². The fourth-order valence-corrected chi connectivity index (χ4v) is 3.37. The van der Waals surface area contributed by atoms with Crippen LogP contribution in [0.25, 0.3) is 0 Å². The van der Waals surface area contributed by atoms with Crippen LogP contribution in [-0.2, 0) is 0 Å². The van der Waals surface area contributed by atoms with Crippen molar-refractivity contribution in [2.45, 2.75) is 18.9 Å². The van der Waals surface area contributed by atoms with Gasteiger partial charge in [-0.3, -0.25) is 5.43 Å². The van der Waals surface area contributed by atoms with Crippen LogP contribution >= 0.6 is 23.8 Å². The number of fused-ring (bicyclic) bond motifs is 3. The van der Waals surface area contributed by atoms with E-state index >= 15 is 0 Å². The summed E-state index contributed by atoms with van der Waals surface area (Å²) < 4.78 is 0. The van der Waals surface area contributed by atoms with Gasteiger partial charge in [-0.05, 0) is 61.8 Å². The van der Waals surface area contributed by atoms with Gasteiger partial charge in [0.2, 0.25) is 0 Å². The standard InChI is InChI=1S/C15H19ClN4S/c16-13-3-1-11(2-4-13)9-17-19-15(21)18-14-10-20-7-5-12(14)6-8-20/h1-4,9,12,14H,5-8,10H2,(H2,18,19,21)/b17-9+. The number of benzene rings is 1. The van der Waals surface area contributed by atoms with Gasteiger partial charge in [-0.1, -0.05) is 23.7 Å². The molecule has 2 bridgehead atoms. The van der Waals surface area contributed by atoms with E-state index in [2.05, 4.69) is 20.7 Å². The molecule has 3 fully saturated rings. The Hall–Kier alpha value is -1.17. The summed E-state index contributed by atoms with van der Waals surface area (Å²) in [6, 6.07) is 7.96. The third kappa shape index (κ3) is 3.93. The number of nitrogens with zero attached hydrogens (tertiary/aromatic N) is 2.